The molecule has 0 aromatic rings. The van der Waals surface area contributed by atoms with Crippen LogP contribution >= 0.6 is 0 Å². The van der Waals surface area contributed by atoms with E-state index >= 15 is 0 Å². The molecule has 6 atom stereocenters. The maximum absolute atomic E-state index is 13.0. The molecular weight excluding hydrogens is 666 g/mol. The van der Waals surface area contributed by atoms with Crippen LogP contribution in [0.2, 0.25) is 0 Å². The molecule has 0 saturated heterocycles. The molecule has 0 aliphatic rings. The third kappa shape index (κ3) is 19.2. The molecule has 0 spiro atoms. The standard InChI is InChI=1S/C29H51N9O12/c1-15(34-26(46)17(32)13-23(42)43)24(44)37-18(7-3-5-11-30)27(47)33-14-21(39)36-19(8-4-6-12-31)28(48)35-16(2)25(45)38-20(29(49)50)9-10-22(40)41/h15-20H,3-14,30-32H2,1-2H3,(H,33,47)(H,34,46)(H,35,48)(H,36,39)(H,37,44)(H,38,45)(H,40,41)(H,42,43)(H,49,50)/t15-,16-,17-,18-,19-,20-/m0/s1. The Morgan fingerprint density at radius 3 is 1.50 bits per heavy atom. The summed E-state index contributed by atoms with van der Waals surface area (Å²) < 4.78 is 0. The van der Waals surface area contributed by atoms with Crippen molar-refractivity contribution in [2.45, 2.75) is 108 Å². The summed E-state index contributed by atoms with van der Waals surface area (Å²) in [4.78, 5) is 109. The van der Waals surface area contributed by atoms with Gasteiger partial charge in [-0.1, -0.05) is 0 Å². The third-order valence-corrected chi connectivity index (χ3v) is 7.10. The van der Waals surface area contributed by atoms with Gasteiger partial charge in [0.25, 0.3) is 0 Å². The molecular formula is C29H51N9O12. The highest BCUT2D eigenvalue weighted by Crippen LogP contribution is 2.05. The molecule has 0 bridgehead atoms. The molecule has 21 heteroatoms. The van der Waals surface area contributed by atoms with Gasteiger partial charge in [-0.25, -0.2) is 4.79 Å². The summed E-state index contributed by atoms with van der Waals surface area (Å²) in [5.74, 6) is -8.99. The van der Waals surface area contributed by atoms with E-state index in [0.717, 1.165) is 0 Å². The van der Waals surface area contributed by atoms with Gasteiger partial charge in [0.05, 0.1) is 19.0 Å². The second kappa shape index (κ2) is 24.3. The second-order valence-electron chi connectivity index (χ2n) is 11.5. The number of carbonyl (C=O) groups excluding carboxylic acids is 6. The molecule has 0 aromatic heterocycles. The normalized spacial score (nSPS) is 14.3. The van der Waals surface area contributed by atoms with Gasteiger partial charge in [0.1, 0.15) is 30.2 Å². The molecule has 0 saturated carbocycles. The molecule has 0 unspecified atom stereocenters. The van der Waals surface area contributed by atoms with Gasteiger partial charge in [0, 0.05) is 6.42 Å². The van der Waals surface area contributed by atoms with Crippen molar-refractivity contribution in [3.63, 3.8) is 0 Å². The molecule has 0 radical (unpaired) electrons. The number of amides is 6. The zero-order valence-electron chi connectivity index (χ0n) is 28.2. The van der Waals surface area contributed by atoms with Crippen LogP contribution in [-0.4, -0.2) is 125 Å². The molecule has 0 rings (SSSR count). The third-order valence-electron chi connectivity index (χ3n) is 7.10. The first-order valence-electron chi connectivity index (χ1n) is 16.0. The number of aliphatic carboxylic acids is 3. The van der Waals surface area contributed by atoms with E-state index < -0.39 is 115 Å². The van der Waals surface area contributed by atoms with Gasteiger partial charge in [-0.05, 0) is 71.9 Å². The van der Waals surface area contributed by atoms with E-state index in [0.29, 0.717) is 38.8 Å². The number of hydrogen-bond donors (Lipinski definition) is 12. The number of carboxylic acids is 3. The molecule has 284 valence electrons. The van der Waals surface area contributed by atoms with E-state index in [1.807, 2.05) is 0 Å². The van der Waals surface area contributed by atoms with Crippen molar-refractivity contribution >= 4 is 53.4 Å². The van der Waals surface area contributed by atoms with Gasteiger partial charge in [-0.2, -0.15) is 0 Å². The van der Waals surface area contributed by atoms with Crippen LogP contribution in [0.5, 0.6) is 0 Å². The summed E-state index contributed by atoms with van der Waals surface area (Å²) in [7, 11) is 0. The highest BCUT2D eigenvalue weighted by atomic mass is 16.4. The zero-order chi connectivity index (χ0) is 38.4. The average molecular weight is 718 g/mol. The number of nitrogens with two attached hydrogens (primary N) is 3. The highest BCUT2D eigenvalue weighted by molar-refractivity contribution is 5.96. The lowest BCUT2D eigenvalue weighted by Gasteiger charge is -2.23. The largest absolute Gasteiger partial charge is 0.481 e. The lowest BCUT2D eigenvalue weighted by Crippen LogP contribution is -2.57. The van der Waals surface area contributed by atoms with Gasteiger partial charge >= 0.3 is 17.9 Å². The number of carbonyl (C=O) groups is 9. The fraction of sp³-hybridized carbons (Fsp3) is 0.690. The molecule has 0 heterocycles. The van der Waals surface area contributed by atoms with Crippen molar-refractivity contribution in [1.29, 1.82) is 0 Å². The van der Waals surface area contributed by atoms with Crippen LogP contribution in [0.1, 0.15) is 71.6 Å². The average Bonchev–Trinajstić information content (AvgIpc) is 3.03. The maximum atomic E-state index is 13.0. The van der Waals surface area contributed by atoms with Crippen LogP contribution in [0, 0.1) is 0 Å². The fourth-order valence-electron chi connectivity index (χ4n) is 4.22. The predicted octanol–water partition coefficient (Wildman–Crippen LogP) is -4.42. The molecule has 15 N–H and O–H groups in total. The number of carboxylic acid groups (broad SMARTS) is 3. The van der Waals surface area contributed by atoms with Gasteiger partial charge in [-0.3, -0.25) is 38.4 Å². The summed E-state index contributed by atoms with van der Waals surface area (Å²) in [6, 6.07) is -7.77. The number of unbranched alkanes of at least 4 members (excludes halogenated alkanes) is 2. The van der Waals surface area contributed by atoms with Crippen molar-refractivity contribution in [1.82, 2.24) is 31.9 Å². The summed E-state index contributed by atoms with van der Waals surface area (Å²) in [6.07, 6.45) is 0.417. The van der Waals surface area contributed by atoms with Crippen molar-refractivity contribution in [2.24, 2.45) is 17.2 Å². The predicted molar refractivity (Wildman–Crippen MR) is 175 cm³/mol. The fourth-order valence-corrected chi connectivity index (χ4v) is 4.22. The summed E-state index contributed by atoms with van der Waals surface area (Å²) >= 11 is 0. The van der Waals surface area contributed by atoms with Crippen LogP contribution < -0.4 is 49.1 Å². The van der Waals surface area contributed by atoms with E-state index in [1.54, 1.807) is 0 Å². The minimum Gasteiger partial charge on any atom is -0.481 e. The molecule has 50 heavy (non-hydrogen) atoms. The van der Waals surface area contributed by atoms with Crippen LogP contribution in [0.4, 0.5) is 0 Å². The van der Waals surface area contributed by atoms with E-state index in [-0.39, 0.29) is 12.8 Å². The summed E-state index contributed by atoms with van der Waals surface area (Å²) in [5, 5.41) is 41.0. The van der Waals surface area contributed by atoms with E-state index in [4.69, 9.17) is 27.4 Å². The highest BCUT2D eigenvalue weighted by Gasteiger charge is 2.29. The Morgan fingerprint density at radius 2 is 1.04 bits per heavy atom. The van der Waals surface area contributed by atoms with Gasteiger partial charge in [-0.15, -0.1) is 0 Å². The van der Waals surface area contributed by atoms with E-state index in [9.17, 15) is 48.3 Å². The van der Waals surface area contributed by atoms with Gasteiger partial charge < -0.3 is 64.4 Å². The minimum absolute atomic E-state index is 0.0882. The van der Waals surface area contributed by atoms with Crippen LogP contribution in [0.15, 0.2) is 0 Å². The molecule has 6 amide bonds. The first kappa shape index (κ1) is 45.1. The van der Waals surface area contributed by atoms with Gasteiger partial charge in [0.2, 0.25) is 35.4 Å². The summed E-state index contributed by atoms with van der Waals surface area (Å²) in [5.41, 5.74) is 16.6. The van der Waals surface area contributed by atoms with E-state index in [1.165, 1.54) is 13.8 Å². The lowest BCUT2D eigenvalue weighted by molar-refractivity contribution is -0.143. The number of hydrogen-bond acceptors (Lipinski definition) is 12. The monoisotopic (exact) mass is 717 g/mol. The first-order valence-corrected chi connectivity index (χ1v) is 16.0. The van der Waals surface area contributed by atoms with Crippen molar-refractivity contribution in [3.8, 4) is 0 Å². The number of nitrogens with one attached hydrogen (secondary N) is 6. The topological polar surface area (TPSA) is 365 Å². The van der Waals surface area contributed by atoms with E-state index in [2.05, 4.69) is 31.9 Å². The Bertz CT molecular complexity index is 1200. The molecule has 0 fully saturated rings. The maximum Gasteiger partial charge on any atom is 0.326 e. The Morgan fingerprint density at radius 1 is 0.560 bits per heavy atom. The zero-order valence-corrected chi connectivity index (χ0v) is 28.2. The second-order valence-corrected chi connectivity index (χ2v) is 11.5. The smallest absolute Gasteiger partial charge is 0.326 e. The Balaban J connectivity index is 5.43. The van der Waals surface area contributed by atoms with Crippen molar-refractivity contribution < 1.29 is 58.5 Å². The number of rotatable bonds is 26. The first-order chi connectivity index (χ1) is 23.4. The molecule has 21 nitrogen and oxygen atoms in total. The van der Waals surface area contributed by atoms with Crippen molar-refractivity contribution in [3.05, 3.63) is 0 Å². The van der Waals surface area contributed by atoms with Crippen LogP contribution in [0.3, 0.4) is 0 Å². The Labute approximate surface area is 288 Å². The van der Waals surface area contributed by atoms with Crippen LogP contribution in [0.25, 0.3) is 0 Å². The minimum atomic E-state index is -1.52. The van der Waals surface area contributed by atoms with Crippen LogP contribution in [-0.2, 0) is 43.2 Å². The Kier molecular flexibility index (Phi) is 21.9. The molecule has 0 aliphatic heterocycles. The summed E-state index contributed by atoms with van der Waals surface area (Å²) in [6.45, 7) is 2.53. The quantitative estimate of drug-likeness (QED) is 0.0376. The van der Waals surface area contributed by atoms with Gasteiger partial charge in [0.15, 0.2) is 0 Å². The Hall–Kier alpha value is -4.89. The SMILES string of the molecule is C[C@H](NC(=O)[C@H](CCCCN)NC(=O)CNC(=O)[C@H](CCCCN)NC(=O)[C@H](C)NC(=O)[C@@H](N)CC(=O)O)C(=O)N[C@@H](CCC(=O)O)C(=O)O. The molecule has 0 aromatic carbocycles. The lowest BCUT2D eigenvalue weighted by atomic mass is 10.1. The van der Waals surface area contributed by atoms with Crippen molar-refractivity contribution in [2.75, 3.05) is 19.6 Å². The molecule has 0 aliphatic carbocycles.